The van der Waals surface area contributed by atoms with Crippen molar-refractivity contribution in [1.82, 2.24) is 0 Å². The molecule has 4 rings (SSSR count). The summed E-state index contributed by atoms with van der Waals surface area (Å²) >= 11 is 0. The van der Waals surface area contributed by atoms with Crippen LogP contribution in [0.15, 0.2) is 96.2 Å². The summed E-state index contributed by atoms with van der Waals surface area (Å²) in [6, 6.07) is 31.3. The monoisotopic (exact) mass is 641 g/mol. The van der Waals surface area contributed by atoms with Crippen LogP contribution in [0.4, 0.5) is 5.69 Å². The molecule has 4 aromatic carbocycles. The summed E-state index contributed by atoms with van der Waals surface area (Å²) in [4.78, 5) is 0. The van der Waals surface area contributed by atoms with Crippen LogP contribution in [0.5, 0.6) is 0 Å². The Balaban J connectivity index is 1.64. The van der Waals surface area contributed by atoms with Gasteiger partial charge in [0.25, 0.3) is 0 Å². The van der Waals surface area contributed by atoms with Crippen molar-refractivity contribution in [1.29, 1.82) is 0 Å². The second-order valence-corrected chi connectivity index (χ2v) is 13.7. The van der Waals surface area contributed by atoms with Gasteiger partial charge in [0.05, 0.1) is 0 Å². The van der Waals surface area contributed by atoms with E-state index in [4.69, 9.17) is 5.11 Å². The highest BCUT2D eigenvalue weighted by Gasteiger charge is 2.15. The summed E-state index contributed by atoms with van der Waals surface area (Å²) in [5.41, 5.74) is 13.4. The second-order valence-electron chi connectivity index (χ2n) is 13.7. The molecule has 2 nitrogen and oxygen atoms in total. The molecular formula is C46H61N2+. The molecule has 48 heavy (non-hydrogen) atoms. The molecule has 0 aliphatic carbocycles. The molecule has 0 aliphatic rings. The molecule has 0 aromatic heterocycles. The Morgan fingerprint density at radius 3 is 1.83 bits per heavy atom. The van der Waals surface area contributed by atoms with Crippen molar-refractivity contribution in [2.45, 2.75) is 124 Å². The average molecular weight is 642 g/mol. The van der Waals surface area contributed by atoms with Crippen molar-refractivity contribution in [3.8, 4) is 22.3 Å². The number of aryl methyl sites for hydroxylation is 3. The van der Waals surface area contributed by atoms with Gasteiger partial charge in [-0.15, -0.1) is 0 Å². The quantitative estimate of drug-likeness (QED) is 0.0518. The molecule has 0 N–H and O–H groups in total. The fourth-order valence-corrected chi connectivity index (χ4v) is 6.97. The van der Waals surface area contributed by atoms with Crippen molar-refractivity contribution in [3.63, 3.8) is 0 Å². The zero-order chi connectivity index (χ0) is 34.0. The van der Waals surface area contributed by atoms with E-state index in [0.29, 0.717) is 0 Å². The topological polar surface area (TPSA) is 15.4 Å². The maximum absolute atomic E-state index is 5.13. The Morgan fingerprint density at radius 2 is 1.17 bits per heavy atom. The lowest BCUT2D eigenvalue weighted by Gasteiger charge is -2.16. The Morgan fingerprint density at radius 1 is 0.583 bits per heavy atom. The summed E-state index contributed by atoms with van der Waals surface area (Å²) in [6.45, 7) is 9.14. The van der Waals surface area contributed by atoms with Gasteiger partial charge in [-0.25, -0.2) is 0 Å². The average Bonchev–Trinajstić information content (AvgIpc) is 3.10. The lowest BCUT2D eigenvalue weighted by atomic mass is 9.89. The first kappa shape index (κ1) is 37.0. The summed E-state index contributed by atoms with van der Waals surface area (Å²) < 4.78 is 1.99. The Labute approximate surface area is 293 Å². The fourth-order valence-electron chi connectivity index (χ4n) is 6.97. The van der Waals surface area contributed by atoms with Crippen LogP contribution in [0, 0.1) is 6.92 Å². The Bertz CT molecular complexity index is 1580. The molecule has 2 heteroatoms. The standard InChI is InChI=1S/C46H61N2/c1-6-9-12-14-15-19-29-42-34-38(33-37(4)46(42)40-26-22-17-23-27-40)31-32-48(5)47-43-35-41(28-18-13-10-7-2)44(30-11-8-3)45(36-43)39-24-20-16-21-25-39/h16-17,20-27,31-36H,6-15,18-19,28-30H2,1-5H3/q+1. The third-order valence-electron chi connectivity index (χ3n) is 9.55. The van der Waals surface area contributed by atoms with Crippen molar-refractivity contribution in [2.75, 3.05) is 7.05 Å². The van der Waals surface area contributed by atoms with Crippen LogP contribution in [0.3, 0.4) is 0 Å². The van der Waals surface area contributed by atoms with Gasteiger partial charge in [-0.2, -0.15) is 0 Å². The lowest BCUT2D eigenvalue weighted by Crippen LogP contribution is -2.00. The van der Waals surface area contributed by atoms with Gasteiger partial charge in [-0.1, -0.05) is 156 Å². The van der Waals surface area contributed by atoms with Gasteiger partial charge < -0.3 is 0 Å². The number of hydrogen-bond donors (Lipinski definition) is 0. The molecule has 0 saturated carbocycles. The van der Waals surface area contributed by atoms with Crippen LogP contribution in [0.2, 0.25) is 0 Å². The predicted molar refractivity (Wildman–Crippen MR) is 209 cm³/mol. The predicted octanol–water partition coefficient (Wildman–Crippen LogP) is 14.1. The normalized spacial score (nSPS) is 11.9. The molecule has 0 atom stereocenters. The van der Waals surface area contributed by atoms with Gasteiger partial charge in [0, 0.05) is 6.08 Å². The third kappa shape index (κ3) is 11.4. The number of rotatable bonds is 20. The van der Waals surface area contributed by atoms with Crippen LogP contribution >= 0.6 is 0 Å². The molecule has 0 fully saturated rings. The first-order valence-electron chi connectivity index (χ1n) is 19.1. The van der Waals surface area contributed by atoms with Crippen LogP contribution < -0.4 is 0 Å². The molecule has 0 radical (unpaired) electrons. The maximum Gasteiger partial charge on any atom is 0.196 e. The highest BCUT2D eigenvalue weighted by Crippen LogP contribution is 2.34. The van der Waals surface area contributed by atoms with Gasteiger partial charge in [-0.3, -0.25) is 0 Å². The third-order valence-corrected chi connectivity index (χ3v) is 9.55. The van der Waals surface area contributed by atoms with E-state index in [-0.39, 0.29) is 0 Å². The number of nitrogens with zero attached hydrogens (tertiary/aromatic N) is 2. The number of azo groups is 2. The van der Waals surface area contributed by atoms with Gasteiger partial charge in [0.2, 0.25) is 0 Å². The van der Waals surface area contributed by atoms with Crippen LogP contribution in [0.1, 0.15) is 126 Å². The van der Waals surface area contributed by atoms with E-state index in [0.717, 1.165) is 24.9 Å². The van der Waals surface area contributed by atoms with Gasteiger partial charge >= 0.3 is 0 Å². The van der Waals surface area contributed by atoms with E-state index in [1.807, 2.05) is 4.70 Å². The minimum absolute atomic E-state index is 1.03. The lowest BCUT2D eigenvalue weighted by molar-refractivity contribution is -0.491. The molecule has 0 bridgehead atoms. The summed E-state index contributed by atoms with van der Waals surface area (Å²) in [6.07, 6.45) is 23.1. The summed E-state index contributed by atoms with van der Waals surface area (Å²) in [5, 5.41) is 5.13. The van der Waals surface area contributed by atoms with Crippen LogP contribution in [-0.2, 0) is 19.3 Å². The van der Waals surface area contributed by atoms with Crippen molar-refractivity contribution >= 4 is 11.8 Å². The largest absolute Gasteiger partial charge is 0.196 e. The molecular weight excluding hydrogens is 581 g/mol. The van der Waals surface area contributed by atoms with E-state index in [2.05, 4.69) is 132 Å². The molecule has 4 aromatic rings. The molecule has 0 saturated heterocycles. The summed E-state index contributed by atoms with van der Waals surface area (Å²) in [5.74, 6) is 0. The maximum atomic E-state index is 5.13. The highest BCUT2D eigenvalue weighted by molar-refractivity contribution is 5.74. The van der Waals surface area contributed by atoms with Crippen LogP contribution in [-0.4, -0.2) is 11.7 Å². The van der Waals surface area contributed by atoms with E-state index >= 15 is 0 Å². The van der Waals surface area contributed by atoms with Gasteiger partial charge in [-0.05, 0) is 113 Å². The zero-order valence-electron chi connectivity index (χ0n) is 30.7. The van der Waals surface area contributed by atoms with Gasteiger partial charge in [0.15, 0.2) is 13.2 Å². The van der Waals surface area contributed by atoms with E-state index < -0.39 is 0 Å². The Hall–Kier alpha value is -3.78. The first-order valence-corrected chi connectivity index (χ1v) is 19.1. The number of hydrogen-bond acceptors (Lipinski definition) is 1. The van der Waals surface area contributed by atoms with E-state index in [1.165, 1.54) is 127 Å². The SMILES string of the molecule is CCCCCCCCc1cc(C=C[N+](C)=Nc2cc(CCCCCC)c(CCCC)c(-c3ccccc3)c2)cc(C)c1-c1ccccc1. The highest BCUT2D eigenvalue weighted by atomic mass is 15.2. The molecule has 0 spiro atoms. The van der Waals surface area contributed by atoms with Crippen molar-refractivity contribution in [3.05, 3.63) is 119 Å². The van der Waals surface area contributed by atoms with E-state index in [9.17, 15) is 0 Å². The fraction of sp³-hybridized carbons (Fsp3) is 0.435. The first-order chi connectivity index (χ1) is 23.5. The van der Waals surface area contributed by atoms with Crippen molar-refractivity contribution in [2.24, 2.45) is 5.11 Å². The number of unbranched alkanes of at least 4 members (excludes halogenated alkanes) is 9. The molecule has 0 amide bonds. The second kappa shape index (κ2) is 20.6. The van der Waals surface area contributed by atoms with E-state index in [1.54, 1.807) is 0 Å². The molecule has 0 unspecified atom stereocenters. The molecule has 0 aliphatic heterocycles. The van der Waals surface area contributed by atoms with Crippen LogP contribution in [0.25, 0.3) is 28.3 Å². The van der Waals surface area contributed by atoms with Crippen molar-refractivity contribution < 1.29 is 4.70 Å². The molecule has 0 heterocycles. The molecule has 254 valence electrons. The summed E-state index contributed by atoms with van der Waals surface area (Å²) in [7, 11) is 2.06. The number of benzene rings is 4. The minimum Gasteiger partial charge on any atom is -0.0934 e. The zero-order valence-corrected chi connectivity index (χ0v) is 30.7. The minimum atomic E-state index is 1.03. The Kier molecular flexibility index (Phi) is 15.9. The smallest absolute Gasteiger partial charge is 0.0934 e. The van der Waals surface area contributed by atoms with Gasteiger partial charge in [0.1, 0.15) is 5.69 Å².